The first-order valence-electron chi connectivity index (χ1n) is 19.9. The predicted octanol–water partition coefficient (Wildman–Crippen LogP) is 6.88. The highest BCUT2D eigenvalue weighted by atomic mass is 32.2. The van der Waals surface area contributed by atoms with Crippen LogP contribution in [0, 0.1) is 13.8 Å². The average Bonchev–Trinajstić information content (AvgIpc) is 3.84. The molecule has 1 aromatic heterocycles. The molecule has 0 amide bonds. The molecule has 4 aromatic rings. The van der Waals surface area contributed by atoms with Gasteiger partial charge in [-0.2, -0.15) is 0 Å². The third kappa shape index (κ3) is 4.99. The fourth-order valence-electron chi connectivity index (χ4n) is 11.2. The zero-order valence-electron chi connectivity index (χ0n) is 33.5. The largest absolute Gasteiger partial charge is 0.494 e. The summed E-state index contributed by atoms with van der Waals surface area (Å²) in [4.78, 5) is 22.1. The third-order valence-electron chi connectivity index (χ3n) is 13.7. The highest BCUT2D eigenvalue weighted by Gasteiger charge is 2.63. The van der Waals surface area contributed by atoms with Crippen molar-refractivity contribution in [3.8, 4) is 28.7 Å². The van der Waals surface area contributed by atoms with E-state index >= 15 is 0 Å². The molecule has 57 heavy (non-hydrogen) atoms. The van der Waals surface area contributed by atoms with Gasteiger partial charge in [0, 0.05) is 76.7 Å². The molecule has 12 heteroatoms. The molecule has 0 saturated carbocycles. The van der Waals surface area contributed by atoms with Gasteiger partial charge in [0.1, 0.15) is 30.3 Å². The van der Waals surface area contributed by atoms with Crippen LogP contribution < -0.4 is 29.0 Å². The van der Waals surface area contributed by atoms with E-state index in [0.29, 0.717) is 42.0 Å². The van der Waals surface area contributed by atoms with E-state index < -0.39 is 11.1 Å². The summed E-state index contributed by atoms with van der Waals surface area (Å²) in [5.41, 5.74) is 8.23. The van der Waals surface area contributed by atoms with Gasteiger partial charge < -0.3 is 33.4 Å². The second-order valence-electron chi connectivity index (χ2n) is 16.5. The monoisotopic (exact) mass is 790 g/mol. The van der Waals surface area contributed by atoms with Gasteiger partial charge in [0.25, 0.3) is 0 Å². The number of fused-ring (bicyclic) bond motifs is 11. The standard InChI is InChI=1S/C45H50N4O7S/c1-9-16-52-40-35-27(17-23(2)36(40)51-8)18-28-19-49-32-20-53-25(4)45(42-30(14-15-46-45)29-12-10-11-13-31(29)47-42)21-57-41(43(49)44(35,6)48(28)7)34-33(32)39-38(54-22-55-39)24(3)37(34)56-26(5)50/h9-13,17,28,32,41,43,46-47H,1,4,14-16,18-22H2,2-3,5-8H3/t28-,32+,41-,43?,44-,45+/m1/s1. The molecule has 2 N–H and O–H groups in total. The number of nitrogens with one attached hydrogen (secondary N) is 2. The number of carbonyl (C=O) groups is 1. The van der Waals surface area contributed by atoms with Crippen molar-refractivity contribution in [2.24, 2.45) is 0 Å². The van der Waals surface area contributed by atoms with Crippen molar-refractivity contribution in [2.75, 3.05) is 53.0 Å². The van der Waals surface area contributed by atoms with Crippen LogP contribution in [0.15, 0.2) is 55.3 Å². The summed E-state index contributed by atoms with van der Waals surface area (Å²) in [5.74, 6) is 4.22. The summed E-state index contributed by atoms with van der Waals surface area (Å²) in [6.07, 6.45) is 3.51. The Kier molecular flexibility index (Phi) is 8.50. The van der Waals surface area contributed by atoms with Gasteiger partial charge in [0.05, 0.1) is 23.9 Å². The number of ether oxygens (including phenoxy) is 6. The minimum atomic E-state index is -0.722. The number of H-pyrrole nitrogens is 1. The molecule has 1 unspecified atom stereocenters. The third-order valence-corrected chi connectivity index (χ3v) is 15.1. The number of piperazine rings is 1. The summed E-state index contributed by atoms with van der Waals surface area (Å²) >= 11 is 1.85. The fourth-order valence-corrected chi connectivity index (χ4v) is 13.0. The van der Waals surface area contributed by atoms with E-state index in [-0.39, 0.29) is 36.1 Å². The maximum atomic E-state index is 13.1. The lowest BCUT2D eigenvalue weighted by Gasteiger charge is -2.65. The molecule has 3 aromatic carbocycles. The summed E-state index contributed by atoms with van der Waals surface area (Å²) in [5, 5.41) is 4.91. The number of hydrogen-bond donors (Lipinski definition) is 2. The normalized spacial score (nSPS) is 28.6. The van der Waals surface area contributed by atoms with E-state index in [1.807, 2.05) is 18.7 Å². The fraction of sp³-hybridized carbons (Fsp3) is 0.444. The van der Waals surface area contributed by atoms with Crippen molar-refractivity contribution in [1.82, 2.24) is 20.1 Å². The van der Waals surface area contributed by atoms with Crippen LogP contribution in [0.25, 0.3) is 10.9 Å². The van der Waals surface area contributed by atoms with Gasteiger partial charge in [0.2, 0.25) is 6.79 Å². The Bertz CT molecular complexity index is 2390. The van der Waals surface area contributed by atoms with Crippen molar-refractivity contribution in [2.45, 2.75) is 75.0 Å². The summed E-state index contributed by atoms with van der Waals surface area (Å²) < 4.78 is 38.8. The number of hydrogen-bond acceptors (Lipinski definition) is 11. The summed E-state index contributed by atoms with van der Waals surface area (Å²) in [7, 11) is 3.97. The Hall–Kier alpha value is -4.62. The Labute approximate surface area is 337 Å². The van der Waals surface area contributed by atoms with Crippen LogP contribution in [-0.2, 0) is 33.5 Å². The summed E-state index contributed by atoms with van der Waals surface area (Å²) in [6, 6.07) is 10.5. The molecule has 2 saturated heterocycles. The van der Waals surface area contributed by atoms with Gasteiger partial charge in [-0.25, -0.2) is 0 Å². The smallest absolute Gasteiger partial charge is 0.308 e. The number of benzene rings is 3. The van der Waals surface area contributed by atoms with Gasteiger partial charge in [0.15, 0.2) is 23.0 Å². The Morgan fingerprint density at radius 1 is 1.12 bits per heavy atom. The molecule has 7 aliphatic rings. The number of para-hydroxylation sites is 1. The van der Waals surface area contributed by atoms with Crippen molar-refractivity contribution in [3.63, 3.8) is 0 Å². The van der Waals surface area contributed by atoms with Crippen LogP contribution in [-0.4, -0.2) is 85.8 Å². The van der Waals surface area contributed by atoms with Crippen LogP contribution in [0.4, 0.5) is 0 Å². The first-order valence-corrected chi connectivity index (χ1v) is 20.9. The minimum Gasteiger partial charge on any atom is -0.494 e. The zero-order chi connectivity index (χ0) is 39.5. The van der Waals surface area contributed by atoms with E-state index in [4.69, 9.17) is 35.0 Å². The molecule has 7 aliphatic heterocycles. The molecule has 11 nitrogen and oxygen atoms in total. The molecule has 0 radical (unpaired) electrons. The first-order chi connectivity index (χ1) is 27.5. The van der Waals surface area contributed by atoms with E-state index in [0.717, 1.165) is 76.5 Å². The highest BCUT2D eigenvalue weighted by molar-refractivity contribution is 7.99. The van der Waals surface area contributed by atoms with E-state index in [1.165, 1.54) is 23.4 Å². The van der Waals surface area contributed by atoms with Crippen LogP contribution in [0.2, 0.25) is 0 Å². The lowest BCUT2D eigenvalue weighted by molar-refractivity contribution is -0.132. The zero-order valence-corrected chi connectivity index (χ0v) is 34.3. The molecule has 11 rings (SSSR count). The van der Waals surface area contributed by atoms with Gasteiger partial charge in [-0.3, -0.25) is 19.9 Å². The minimum absolute atomic E-state index is 0.0868. The number of likely N-dealkylation sites (N-methyl/N-ethyl adjacent to an activating group) is 1. The Morgan fingerprint density at radius 2 is 1.93 bits per heavy atom. The topological polar surface area (TPSA) is 107 Å². The highest BCUT2D eigenvalue weighted by Crippen LogP contribution is 2.65. The van der Waals surface area contributed by atoms with E-state index in [2.05, 4.69) is 77.9 Å². The van der Waals surface area contributed by atoms with Crippen LogP contribution in [0.1, 0.15) is 69.8 Å². The molecule has 1 spiro atoms. The molecule has 6 atom stereocenters. The number of esters is 1. The van der Waals surface area contributed by atoms with Crippen LogP contribution in [0.3, 0.4) is 0 Å². The lowest BCUT2D eigenvalue weighted by atomic mass is 9.66. The maximum absolute atomic E-state index is 13.1. The van der Waals surface area contributed by atoms with Crippen molar-refractivity contribution in [1.29, 1.82) is 0 Å². The lowest BCUT2D eigenvalue weighted by Crippen LogP contribution is -2.72. The maximum Gasteiger partial charge on any atom is 0.308 e. The van der Waals surface area contributed by atoms with Gasteiger partial charge in [-0.1, -0.05) is 43.5 Å². The second kappa shape index (κ2) is 13.2. The van der Waals surface area contributed by atoms with Crippen molar-refractivity contribution >= 4 is 28.6 Å². The number of aromatic nitrogens is 1. The average molecular weight is 791 g/mol. The quantitative estimate of drug-likeness (QED) is 0.126. The summed E-state index contributed by atoms with van der Waals surface area (Å²) in [6.45, 7) is 18.8. The van der Waals surface area contributed by atoms with E-state index in [1.54, 1.807) is 13.2 Å². The number of nitrogens with zero attached hydrogens (tertiary/aromatic N) is 2. The number of aryl methyl sites for hydroxylation is 1. The molecular weight excluding hydrogens is 741 g/mol. The molecule has 298 valence electrons. The van der Waals surface area contributed by atoms with Crippen molar-refractivity contribution in [3.05, 3.63) is 100.0 Å². The second-order valence-corrected chi connectivity index (χ2v) is 17.6. The number of carbonyl (C=O) groups excluding carboxylic acids is 1. The van der Waals surface area contributed by atoms with Gasteiger partial charge in [-0.15, -0.1) is 11.8 Å². The van der Waals surface area contributed by atoms with Crippen molar-refractivity contribution < 1.29 is 33.2 Å². The Morgan fingerprint density at radius 3 is 2.72 bits per heavy atom. The molecule has 0 aliphatic carbocycles. The first kappa shape index (κ1) is 36.7. The van der Waals surface area contributed by atoms with Gasteiger partial charge >= 0.3 is 5.97 Å². The number of aromatic amines is 1. The SMILES string of the molecule is C=CCOc1c(OC)c(C)cc2c1[C@]1(C)C3[C@@H]4SC[C@]5(NCCc6c5[nH]c5ccccc65)C(=C)OC[C@@H](c5c6c(c(C)c(OC(C)=O)c54)OCO6)N3C[C@@H](C2)N1C. The molecule has 8 heterocycles. The number of thioether (sulfide) groups is 1. The Balaban J connectivity index is 1.25. The number of methoxy groups -OCH3 is 1. The van der Waals surface area contributed by atoms with Crippen LogP contribution in [0.5, 0.6) is 28.7 Å². The van der Waals surface area contributed by atoms with E-state index in [9.17, 15) is 4.79 Å². The van der Waals surface area contributed by atoms with Crippen LogP contribution >= 0.6 is 11.8 Å². The molecular formula is C45H50N4O7S. The van der Waals surface area contributed by atoms with Gasteiger partial charge in [-0.05, 0) is 63.4 Å². The number of rotatable bonds is 5. The molecule has 4 bridgehead atoms. The molecule has 2 fully saturated rings. The predicted molar refractivity (Wildman–Crippen MR) is 220 cm³/mol.